The van der Waals surface area contributed by atoms with E-state index in [0.717, 1.165) is 17.0 Å². The average molecular weight is 454 g/mol. The third kappa shape index (κ3) is 6.68. The van der Waals surface area contributed by atoms with Gasteiger partial charge in [-0.15, -0.1) is 0 Å². The zero-order valence-corrected chi connectivity index (χ0v) is 19.9. The minimum Gasteiger partial charge on any atom is -0.360 e. The fourth-order valence-corrected chi connectivity index (χ4v) is 4.06. The van der Waals surface area contributed by atoms with Crippen molar-refractivity contribution in [2.45, 2.75) is 64.8 Å². The van der Waals surface area contributed by atoms with Crippen molar-refractivity contribution in [1.82, 2.24) is 25.8 Å². The Kier molecular flexibility index (Phi) is 8.27. The van der Waals surface area contributed by atoms with Crippen molar-refractivity contribution in [2.75, 3.05) is 7.05 Å². The molecule has 1 aliphatic heterocycles. The number of aromatic nitrogens is 1. The minimum absolute atomic E-state index is 0.204. The lowest BCUT2D eigenvalue weighted by Crippen LogP contribution is -2.56. The van der Waals surface area contributed by atoms with E-state index < -0.39 is 18.1 Å². The van der Waals surface area contributed by atoms with Crippen molar-refractivity contribution in [2.24, 2.45) is 5.92 Å². The van der Waals surface area contributed by atoms with Gasteiger partial charge in [-0.1, -0.05) is 44.2 Å². The molecule has 2 aromatic rings. The molecule has 3 rings (SSSR count). The number of aromatic amines is 1. The Hall–Kier alpha value is -3.13. The van der Waals surface area contributed by atoms with Crippen LogP contribution in [0.1, 0.15) is 44.1 Å². The van der Waals surface area contributed by atoms with Crippen molar-refractivity contribution < 1.29 is 14.4 Å². The van der Waals surface area contributed by atoms with E-state index in [9.17, 15) is 14.4 Å². The Morgan fingerprint density at radius 3 is 2.30 bits per heavy atom. The molecule has 0 fully saturated rings. The van der Waals surface area contributed by atoms with Crippen LogP contribution in [0.4, 0.5) is 0 Å². The molecule has 0 unspecified atom stereocenters. The van der Waals surface area contributed by atoms with E-state index in [4.69, 9.17) is 0 Å². The molecular weight excluding hydrogens is 418 g/mol. The van der Waals surface area contributed by atoms with E-state index in [2.05, 4.69) is 20.9 Å². The Morgan fingerprint density at radius 2 is 1.64 bits per heavy atom. The number of fused-ring (bicyclic) bond motifs is 2. The standard InChI is InChI=1S/C25H35N5O3/c1-16(2)12-22-24(32)27-15-20-11-10-19(29-20)14-26-21(13-18-8-6-5-7-9-18)23(31)28-17(3)25(33)30(22)4/h5-11,16-17,21-22,26,29H,12-15H2,1-4H3,(H,27,32)(H,28,31)/t17-,21-,22-/m0/s1. The number of hydrogen-bond donors (Lipinski definition) is 4. The van der Waals surface area contributed by atoms with Crippen molar-refractivity contribution in [3.8, 4) is 0 Å². The van der Waals surface area contributed by atoms with E-state index in [-0.39, 0.29) is 23.6 Å². The topological polar surface area (TPSA) is 106 Å². The number of likely N-dealkylation sites (N-methyl/N-ethyl adjacent to an activating group) is 1. The summed E-state index contributed by atoms with van der Waals surface area (Å²) in [6.07, 6.45) is 1.02. The second-order valence-electron chi connectivity index (χ2n) is 9.17. The van der Waals surface area contributed by atoms with E-state index in [1.807, 2.05) is 56.3 Å². The maximum absolute atomic E-state index is 13.2. The number of nitrogens with zero attached hydrogens (tertiary/aromatic N) is 1. The summed E-state index contributed by atoms with van der Waals surface area (Å²) in [5.74, 6) is -0.526. The summed E-state index contributed by atoms with van der Waals surface area (Å²) >= 11 is 0. The van der Waals surface area contributed by atoms with Gasteiger partial charge in [-0.2, -0.15) is 0 Å². The van der Waals surface area contributed by atoms with Gasteiger partial charge in [0.05, 0.1) is 12.6 Å². The lowest BCUT2D eigenvalue weighted by molar-refractivity contribution is -0.142. The SMILES string of the molecule is CC(C)C[C@H]1C(=O)NCc2ccc([nH]2)CN[C@@H](Cc2ccccc2)C(=O)N[C@@H](C)C(=O)N1C. The number of carbonyl (C=O) groups excluding carboxylic acids is 3. The monoisotopic (exact) mass is 453 g/mol. The summed E-state index contributed by atoms with van der Waals surface area (Å²) in [5.41, 5.74) is 2.81. The molecule has 2 bridgehead atoms. The molecule has 0 saturated carbocycles. The van der Waals surface area contributed by atoms with Gasteiger partial charge < -0.3 is 20.5 Å². The predicted octanol–water partition coefficient (Wildman–Crippen LogP) is 1.72. The number of H-pyrrole nitrogens is 1. The van der Waals surface area contributed by atoms with Crippen LogP contribution in [0.25, 0.3) is 0 Å². The first-order valence-electron chi connectivity index (χ1n) is 11.5. The summed E-state index contributed by atoms with van der Waals surface area (Å²) in [4.78, 5) is 44.0. The molecule has 33 heavy (non-hydrogen) atoms. The molecule has 0 aliphatic carbocycles. The number of rotatable bonds is 4. The first-order valence-corrected chi connectivity index (χ1v) is 11.5. The minimum atomic E-state index is -0.758. The summed E-state index contributed by atoms with van der Waals surface area (Å²) in [5, 5.41) is 9.12. The first kappa shape index (κ1) is 24.5. The second-order valence-corrected chi connectivity index (χ2v) is 9.17. The van der Waals surface area contributed by atoms with Gasteiger partial charge in [0.25, 0.3) is 0 Å². The molecule has 0 saturated heterocycles. The molecule has 2 heterocycles. The lowest BCUT2D eigenvalue weighted by atomic mass is 10.0. The van der Waals surface area contributed by atoms with E-state index >= 15 is 0 Å². The van der Waals surface area contributed by atoms with Crippen LogP contribution in [0.15, 0.2) is 42.5 Å². The van der Waals surface area contributed by atoms with Gasteiger partial charge in [0.15, 0.2) is 0 Å². The zero-order chi connectivity index (χ0) is 24.0. The maximum Gasteiger partial charge on any atom is 0.245 e. The van der Waals surface area contributed by atoms with Crippen LogP contribution in [0.3, 0.4) is 0 Å². The molecule has 8 heteroatoms. The van der Waals surface area contributed by atoms with Gasteiger partial charge in [-0.3, -0.25) is 19.7 Å². The second kappa shape index (κ2) is 11.1. The average Bonchev–Trinajstić information content (AvgIpc) is 3.25. The van der Waals surface area contributed by atoms with E-state index in [0.29, 0.717) is 25.9 Å². The van der Waals surface area contributed by atoms with E-state index in [1.165, 1.54) is 4.90 Å². The van der Waals surface area contributed by atoms with Crippen LogP contribution in [-0.4, -0.2) is 52.8 Å². The van der Waals surface area contributed by atoms with Crippen LogP contribution in [0.2, 0.25) is 0 Å². The Labute approximate surface area is 195 Å². The van der Waals surface area contributed by atoms with Crippen LogP contribution in [-0.2, 0) is 33.9 Å². The molecule has 0 radical (unpaired) electrons. The predicted molar refractivity (Wildman–Crippen MR) is 127 cm³/mol. The van der Waals surface area contributed by atoms with Gasteiger partial charge in [0.1, 0.15) is 12.1 Å². The fourth-order valence-electron chi connectivity index (χ4n) is 4.06. The molecule has 1 aromatic carbocycles. The lowest BCUT2D eigenvalue weighted by Gasteiger charge is -2.31. The summed E-state index contributed by atoms with van der Waals surface area (Å²) in [6.45, 7) is 6.50. The van der Waals surface area contributed by atoms with Gasteiger partial charge in [-0.05, 0) is 43.4 Å². The smallest absolute Gasteiger partial charge is 0.245 e. The molecule has 1 aromatic heterocycles. The summed E-state index contributed by atoms with van der Waals surface area (Å²) in [7, 11) is 1.63. The fraction of sp³-hybridized carbons (Fsp3) is 0.480. The van der Waals surface area contributed by atoms with Crippen molar-refractivity contribution >= 4 is 17.7 Å². The molecule has 4 N–H and O–H groups in total. The number of benzene rings is 1. The van der Waals surface area contributed by atoms with Crippen molar-refractivity contribution in [1.29, 1.82) is 0 Å². The third-order valence-electron chi connectivity index (χ3n) is 5.94. The maximum atomic E-state index is 13.2. The number of hydrogen-bond acceptors (Lipinski definition) is 4. The van der Waals surface area contributed by atoms with E-state index in [1.54, 1.807) is 14.0 Å². The van der Waals surface area contributed by atoms with Crippen LogP contribution < -0.4 is 16.0 Å². The third-order valence-corrected chi connectivity index (χ3v) is 5.94. The highest BCUT2D eigenvalue weighted by molar-refractivity contribution is 5.92. The summed E-state index contributed by atoms with van der Waals surface area (Å²) < 4.78 is 0. The van der Waals surface area contributed by atoms with Crippen LogP contribution in [0, 0.1) is 5.92 Å². The normalized spacial score (nSPS) is 23.0. The highest BCUT2D eigenvalue weighted by Crippen LogP contribution is 2.14. The Morgan fingerprint density at radius 1 is 0.970 bits per heavy atom. The molecule has 1 aliphatic rings. The highest BCUT2D eigenvalue weighted by Gasteiger charge is 2.32. The van der Waals surface area contributed by atoms with Gasteiger partial charge >= 0.3 is 0 Å². The van der Waals surface area contributed by atoms with Crippen LogP contribution in [0.5, 0.6) is 0 Å². The molecule has 3 amide bonds. The van der Waals surface area contributed by atoms with Gasteiger partial charge in [0.2, 0.25) is 17.7 Å². The molecule has 3 atom stereocenters. The highest BCUT2D eigenvalue weighted by atomic mass is 16.2. The number of nitrogens with one attached hydrogen (secondary N) is 4. The van der Waals surface area contributed by atoms with Crippen LogP contribution >= 0.6 is 0 Å². The molecular formula is C25H35N5O3. The van der Waals surface area contributed by atoms with Gasteiger partial charge in [0, 0.05) is 25.0 Å². The number of amides is 3. The number of carbonyl (C=O) groups is 3. The molecule has 8 nitrogen and oxygen atoms in total. The molecule has 178 valence electrons. The Balaban J connectivity index is 1.87. The van der Waals surface area contributed by atoms with Crippen molar-refractivity contribution in [3.05, 3.63) is 59.4 Å². The van der Waals surface area contributed by atoms with Crippen molar-refractivity contribution in [3.63, 3.8) is 0 Å². The molecule has 0 spiro atoms. The Bertz CT molecular complexity index is 956. The largest absolute Gasteiger partial charge is 0.360 e. The van der Waals surface area contributed by atoms with Gasteiger partial charge in [-0.25, -0.2) is 0 Å². The summed E-state index contributed by atoms with van der Waals surface area (Å²) in [6, 6.07) is 11.8. The quantitative estimate of drug-likeness (QED) is 0.566. The first-order chi connectivity index (χ1) is 15.7. The zero-order valence-electron chi connectivity index (χ0n) is 19.9.